The lowest BCUT2D eigenvalue weighted by molar-refractivity contribution is 0.573. The summed E-state index contributed by atoms with van der Waals surface area (Å²) < 4.78 is 4.85. The summed E-state index contributed by atoms with van der Waals surface area (Å²) in [6.45, 7) is 8.93. The molecule has 226 valence electrons. The lowest BCUT2D eigenvalue weighted by atomic mass is 9.98. The van der Waals surface area contributed by atoms with Gasteiger partial charge in [0.05, 0.1) is 11.0 Å². The molecule has 45 heavy (non-hydrogen) atoms. The van der Waals surface area contributed by atoms with E-state index < -0.39 is 0 Å². The highest BCUT2D eigenvalue weighted by molar-refractivity contribution is 6.23. The number of hydrogen-bond acceptors (Lipinski definition) is 0. The second kappa shape index (κ2) is 13.4. The zero-order valence-corrected chi connectivity index (χ0v) is 27.3. The van der Waals surface area contributed by atoms with Crippen LogP contribution in [0.3, 0.4) is 0 Å². The first-order valence-corrected chi connectivity index (χ1v) is 16.3. The SMILES string of the molecule is CCC(C)C/C=C\c1c(Cc2ccccc2C)n(C)c2ccc3c(c4ccccc4n3-c3ccccc3)c12.Cc1ccccc1. The average molecular weight is 589 g/mol. The van der Waals surface area contributed by atoms with E-state index in [1.54, 1.807) is 0 Å². The van der Waals surface area contributed by atoms with Crippen molar-refractivity contribution in [3.05, 3.63) is 155 Å². The quantitative estimate of drug-likeness (QED) is 0.175. The minimum atomic E-state index is 0.682. The lowest BCUT2D eigenvalue weighted by Gasteiger charge is -2.09. The van der Waals surface area contributed by atoms with Gasteiger partial charge in [-0.25, -0.2) is 0 Å². The molecule has 2 nitrogen and oxygen atoms in total. The Morgan fingerprint density at radius 1 is 0.667 bits per heavy atom. The van der Waals surface area contributed by atoms with E-state index in [-0.39, 0.29) is 0 Å². The zero-order chi connectivity index (χ0) is 31.3. The van der Waals surface area contributed by atoms with Gasteiger partial charge in [-0.1, -0.05) is 129 Å². The van der Waals surface area contributed by atoms with Crippen molar-refractivity contribution in [2.24, 2.45) is 13.0 Å². The molecule has 5 aromatic carbocycles. The fourth-order valence-electron chi connectivity index (χ4n) is 6.43. The molecule has 0 saturated heterocycles. The Bertz CT molecular complexity index is 2070. The third-order valence-corrected chi connectivity index (χ3v) is 9.26. The van der Waals surface area contributed by atoms with E-state index in [0.29, 0.717) is 5.92 Å². The molecule has 7 rings (SSSR count). The normalized spacial score (nSPS) is 12.2. The van der Waals surface area contributed by atoms with Crippen LogP contribution in [0.5, 0.6) is 0 Å². The number of para-hydroxylation sites is 2. The van der Waals surface area contributed by atoms with E-state index in [4.69, 9.17) is 0 Å². The first-order chi connectivity index (χ1) is 22.0. The third-order valence-electron chi connectivity index (χ3n) is 9.26. The highest BCUT2D eigenvalue weighted by Crippen LogP contribution is 2.41. The Kier molecular flexibility index (Phi) is 9.03. The smallest absolute Gasteiger partial charge is 0.0548 e. The van der Waals surface area contributed by atoms with Gasteiger partial charge in [-0.3, -0.25) is 0 Å². The van der Waals surface area contributed by atoms with Crippen LogP contribution in [0.1, 0.15) is 54.6 Å². The minimum absolute atomic E-state index is 0.682. The molecule has 0 saturated carbocycles. The van der Waals surface area contributed by atoms with Gasteiger partial charge in [-0.15, -0.1) is 0 Å². The Balaban J connectivity index is 0.000000452. The molecule has 0 fully saturated rings. The van der Waals surface area contributed by atoms with Crippen molar-refractivity contribution >= 4 is 38.8 Å². The summed E-state index contributed by atoms with van der Waals surface area (Å²) >= 11 is 0. The zero-order valence-electron chi connectivity index (χ0n) is 27.3. The molecule has 0 aliphatic rings. The number of fused-ring (bicyclic) bond motifs is 5. The molecule has 2 heteroatoms. The van der Waals surface area contributed by atoms with E-state index in [1.807, 2.05) is 18.2 Å². The molecular formula is C43H44N2. The van der Waals surface area contributed by atoms with E-state index in [9.17, 15) is 0 Å². The second-order valence-electron chi connectivity index (χ2n) is 12.4. The molecule has 2 heterocycles. The number of hydrogen-bond donors (Lipinski definition) is 0. The number of benzene rings is 5. The molecule has 0 aliphatic carbocycles. The largest absolute Gasteiger partial charge is 0.347 e. The number of nitrogens with zero attached hydrogens (tertiary/aromatic N) is 2. The molecule has 0 N–H and O–H groups in total. The van der Waals surface area contributed by atoms with Gasteiger partial charge in [0, 0.05) is 52.1 Å². The van der Waals surface area contributed by atoms with Crippen LogP contribution in [0.4, 0.5) is 0 Å². The van der Waals surface area contributed by atoms with Crippen molar-refractivity contribution < 1.29 is 0 Å². The van der Waals surface area contributed by atoms with Gasteiger partial charge in [-0.05, 0) is 67.6 Å². The molecule has 0 aliphatic heterocycles. The highest BCUT2D eigenvalue weighted by atomic mass is 15.0. The number of allylic oxidation sites excluding steroid dienone is 1. The predicted octanol–water partition coefficient (Wildman–Crippen LogP) is 11.6. The standard InChI is InChI=1S/C36H36N2.C7H8/c1-5-25(2)14-13-20-30-34(24-27-16-10-9-15-26(27)3)37(4)32-22-23-33-36(35(30)32)29-19-11-12-21-31(29)38(33)28-17-7-6-8-18-28;1-7-5-3-2-4-6-7/h6-13,15-23,25H,5,14,24H2,1-4H3;2-6H,1H3/b20-13-;. The fraction of sp³-hybridized carbons (Fsp3) is 0.209. The Labute approximate surface area is 268 Å². The van der Waals surface area contributed by atoms with Gasteiger partial charge >= 0.3 is 0 Å². The molecule has 0 radical (unpaired) electrons. The highest BCUT2D eigenvalue weighted by Gasteiger charge is 2.21. The van der Waals surface area contributed by atoms with Crippen LogP contribution >= 0.6 is 0 Å². The van der Waals surface area contributed by atoms with Crippen molar-refractivity contribution in [3.8, 4) is 5.69 Å². The summed E-state index contributed by atoms with van der Waals surface area (Å²) in [5.41, 5.74) is 11.8. The summed E-state index contributed by atoms with van der Waals surface area (Å²) in [5.74, 6) is 0.682. The predicted molar refractivity (Wildman–Crippen MR) is 196 cm³/mol. The summed E-state index contributed by atoms with van der Waals surface area (Å²) in [4.78, 5) is 0. The van der Waals surface area contributed by atoms with Gasteiger partial charge in [0.25, 0.3) is 0 Å². The third kappa shape index (κ3) is 6.11. The van der Waals surface area contributed by atoms with E-state index >= 15 is 0 Å². The Morgan fingerprint density at radius 3 is 2.00 bits per heavy atom. The molecule has 1 atom stereocenters. The summed E-state index contributed by atoms with van der Waals surface area (Å²) in [5, 5.41) is 4.01. The fourth-order valence-corrected chi connectivity index (χ4v) is 6.43. The van der Waals surface area contributed by atoms with Crippen LogP contribution < -0.4 is 0 Å². The maximum absolute atomic E-state index is 2.43. The Morgan fingerprint density at radius 2 is 1.31 bits per heavy atom. The summed E-state index contributed by atoms with van der Waals surface area (Å²) in [6, 6.07) is 43.3. The summed E-state index contributed by atoms with van der Waals surface area (Å²) in [7, 11) is 2.24. The van der Waals surface area contributed by atoms with Gasteiger partial charge in [-0.2, -0.15) is 0 Å². The van der Waals surface area contributed by atoms with Gasteiger partial charge in [0.1, 0.15) is 0 Å². The van der Waals surface area contributed by atoms with Gasteiger partial charge in [0.2, 0.25) is 0 Å². The van der Waals surface area contributed by atoms with Crippen LogP contribution in [0.15, 0.2) is 127 Å². The number of aryl methyl sites for hydroxylation is 3. The lowest BCUT2D eigenvalue weighted by Crippen LogP contribution is -2.00. The monoisotopic (exact) mass is 588 g/mol. The maximum atomic E-state index is 2.43. The van der Waals surface area contributed by atoms with E-state index in [1.165, 1.54) is 72.8 Å². The Hall–Kier alpha value is -4.82. The van der Waals surface area contributed by atoms with Crippen molar-refractivity contribution in [3.63, 3.8) is 0 Å². The van der Waals surface area contributed by atoms with Crippen LogP contribution in [-0.4, -0.2) is 9.13 Å². The molecule has 0 amide bonds. The van der Waals surface area contributed by atoms with Crippen LogP contribution in [0, 0.1) is 19.8 Å². The minimum Gasteiger partial charge on any atom is -0.347 e. The number of aromatic nitrogens is 2. The van der Waals surface area contributed by atoms with Crippen LogP contribution in [0.2, 0.25) is 0 Å². The maximum Gasteiger partial charge on any atom is 0.0548 e. The average Bonchev–Trinajstić information content (AvgIpc) is 3.54. The summed E-state index contributed by atoms with van der Waals surface area (Å²) in [6.07, 6.45) is 8.03. The molecule has 0 bridgehead atoms. The van der Waals surface area contributed by atoms with E-state index in [0.717, 1.165) is 12.8 Å². The van der Waals surface area contributed by atoms with Crippen molar-refractivity contribution in [2.45, 2.75) is 47.0 Å². The molecule has 7 aromatic rings. The van der Waals surface area contributed by atoms with Crippen LogP contribution in [0.25, 0.3) is 44.5 Å². The molecule has 2 aromatic heterocycles. The topological polar surface area (TPSA) is 9.86 Å². The van der Waals surface area contributed by atoms with Crippen molar-refractivity contribution in [2.75, 3.05) is 0 Å². The molecular weight excluding hydrogens is 544 g/mol. The molecule has 0 spiro atoms. The van der Waals surface area contributed by atoms with Crippen LogP contribution in [-0.2, 0) is 13.5 Å². The number of rotatable bonds is 7. The first kappa shape index (κ1) is 30.2. The van der Waals surface area contributed by atoms with Gasteiger partial charge in [0.15, 0.2) is 0 Å². The van der Waals surface area contributed by atoms with E-state index in [2.05, 4.69) is 159 Å². The molecule has 1 unspecified atom stereocenters. The van der Waals surface area contributed by atoms with Crippen molar-refractivity contribution in [1.29, 1.82) is 0 Å². The first-order valence-electron chi connectivity index (χ1n) is 16.3. The second-order valence-corrected chi connectivity index (χ2v) is 12.4. The van der Waals surface area contributed by atoms with Gasteiger partial charge < -0.3 is 9.13 Å². The van der Waals surface area contributed by atoms with Crippen molar-refractivity contribution in [1.82, 2.24) is 9.13 Å².